The van der Waals surface area contributed by atoms with Gasteiger partial charge in [-0.1, -0.05) is 30.5 Å². The van der Waals surface area contributed by atoms with Gasteiger partial charge in [0.05, 0.1) is 11.6 Å². The van der Waals surface area contributed by atoms with Gasteiger partial charge in [0.25, 0.3) is 0 Å². The average Bonchev–Trinajstić information content (AvgIpc) is 2.92. The molecule has 1 aliphatic carbocycles. The molecule has 0 unspecified atom stereocenters. The third kappa shape index (κ3) is 2.85. The topological polar surface area (TPSA) is 27.0 Å². The van der Waals surface area contributed by atoms with Gasteiger partial charge in [-0.2, -0.15) is 5.26 Å². The molecule has 0 radical (unpaired) electrons. The van der Waals surface area contributed by atoms with Crippen LogP contribution >= 0.6 is 11.6 Å². The normalized spacial score (nSPS) is 22.0. The van der Waals surface area contributed by atoms with Gasteiger partial charge in [0.1, 0.15) is 0 Å². The molecule has 0 N–H and O–H groups in total. The van der Waals surface area contributed by atoms with Gasteiger partial charge in [-0.3, -0.25) is 4.90 Å². The molecule has 0 bridgehead atoms. The van der Waals surface area contributed by atoms with Gasteiger partial charge in [-0.25, -0.2) is 0 Å². The van der Waals surface area contributed by atoms with Gasteiger partial charge in [-0.05, 0) is 61.9 Å². The summed E-state index contributed by atoms with van der Waals surface area (Å²) in [5.74, 6) is 0. The van der Waals surface area contributed by atoms with Crippen molar-refractivity contribution in [3.63, 3.8) is 0 Å². The van der Waals surface area contributed by atoms with Crippen molar-refractivity contribution in [3.05, 3.63) is 34.3 Å². The Morgan fingerprint density at radius 3 is 2.45 bits per heavy atom. The summed E-state index contributed by atoms with van der Waals surface area (Å²) in [5.41, 5.74) is 2.46. The van der Waals surface area contributed by atoms with E-state index in [-0.39, 0.29) is 0 Å². The van der Waals surface area contributed by atoms with Crippen LogP contribution in [-0.4, -0.2) is 18.0 Å². The maximum atomic E-state index is 8.87. The Morgan fingerprint density at radius 1 is 1.15 bits per heavy atom. The van der Waals surface area contributed by atoms with Crippen molar-refractivity contribution in [2.24, 2.45) is 5.41 Å². The second-order valence-corrected chi connectivity index (χ2v) is 6.81. The largest absolute Gasteiger partial charge is 0.299 e. The van der Waals surface area contributed by atoms with Crippen LogP contribution in [0.15, 0.2) is 18.2 Å². The first-order valence-corrected chi connectivity index (χ1v) is 8.00. The van der Waals surface area contributed by atoms with Gasteiger partial charge >= 0.3 is 0 Å². The van der Waals surface area contributed by atoms with E-state index in [1.54, 1.807) is 6.07 Å². The standard InChI is InChI=1S/C17H21ClN2/c18-16-11-14(12-19)3-4-15(16)13-20-9-7-17(8-10-20)5-1-2-6-17/h3-4,11H,1-2,5-10,13H2. The summed E-state index contributed by atoms with van der Waals surface area (Å²) in [4.78, 5) is 2.51. The molecule has 0 atom stereocenters. The fraction of sp³-hybridized carbons (Fsp3) is 0.588. The second-order valence-electron chi connectivity index (χ2n) is 6.40. The zero-order chi connectivity index (χ0) is 14.0. The minimum absolute atomic E-state index is 0.641. The molecule has 1 aromatic rings. The van der Waals surface area contributed by atoms with Crippen LogP contribution in [0.25, 0.3) is 0 Å². The van der Waals surface area contributed by atoms with Crippen molar-refractivity contribution >= 4 is 11.6 Å². The number of piperidine rings is 1. The van der Waals surface area contributed by atoms with Crippen molar-refractivity contribution in [3.8, 4) is 6.07 Å². The van der Waals surface area contributed by atoms with Crippen molar-refractivity contribution in [2.75, 3.05) is 13.1 Å². The summed E-state index contributed by atoms with van der Waals surface area (Å²) in [6.07, 6.45) is 8.45. The Balaban J connectivity index is 1.61. The number of likely N-dealkylation sites (tertiary alicyclic amines) is 1. The summed E-state index contributed by atoms with van der Waals surface area (Å²) in [7, 11) is 0. The molecule has 3 rings (SSSR count). The Kier molecular flexibility index (Phi) is 4.01. The smallest absolute Gasteiger partial charge is 0.0992 e. The summed E-state index contributed by atoms with van der Waals surface area (Å²) < 4.78 is 0. The summed E-state index contributed by atoms with van der Waals surface area (Å²) in [6, 6.07) is 7.78. The molecule has 3 heteroatoms. The highest BCUT2D eigenvalue weighted by molar-refractivity contribution is 6.31. The van der Waals surface area contributed by atoms with Crippen molar-refractivity contribution in [1.82, 2.24) is 4.90 Å². The molecule has 1 aromatic carbocycles. The van der Waals surface area contributed by atoms with Crippen molar-refractivity contribution < 1.29 is 0 Å². The van der Waals surface area contributed by atoms with Crippen LogP contribution < -0.4 is 0 Å². The molecule has 1 aliphatic heterocycles. The maximum Gasteiger partial charge on any atom is 0.0992 e. The number of nitrogens with zero attached hydrogens (tertiary/aromatic N) is 2. The lowest BCUT2D eigenvalue weighted by Gasteiger charge is -2.39. The highest BCUT2D eigenvalue weighted by Crippen LogP contribution is 2.46. The molecule has 2 fully saturated rings. The zero-order valence-electron chi connectivity index (χ0n) is 11.9. The molecule has 1 spiro atoms. The van der Waals surface area contributed by atoms with E-state index in [4.69, 9.17) is 16.9 Å². The van der Waals surface area contributed by atoms with E-state index in [1.165, 1.54) is 51.6 Å². The molecule has 0 aromatic heterocycles. The van der Waals surface area contributed by atoms with Crippen LogP contribution in [0.3, 0.4) is 0 Å². The molecule has 1 heterocycles. The van der Waals surface area contributed by atoms with E-state index < -0.39 is 0 Å². The highest BCUT2D eigenvalue weighted by Gasteiger charge is 2.36. The van der Waals surface area contributed by atoms with E-state index in [9.17, 15) is 0 Å². The predicted molar refractivity (Wildman–Crippen MR) is 81.6 cm³/mol. The SMILES string of the molecule is N#Cc1ccc(CN2CCC3(CCCC3)CC2)c(Cl)c1. The Morgan fingerprint density at radius 2 is 1.85 bits per heavy atom. The van der Waals surface area contributed by atoms with Crippen LogP contribution in [0.4, 0.5) is 0 Å². The van der Waals surface area contributed by atoms with Crippen LogP contribution in [0.5, 0.6) is 0 Å². The summed E-state index contributed by atoms with van der Waals surface area (Å²) in [6.45, 7) is 3.30. The summed E-state index contributed by atoms with van der Waals surface area (Å²) >= 11 is 6.27. The third-order valence-corrected chi connectivity index (χ3v) is 5.51. The number of hydrogen-bond acceptors (Lipinski definition) is 2. The van der Waals surface area contributed by atoms with E-state index in [0.29, 0.717) is 11.0 Å². The van der Waals surface area contributed by atoms with Crippen molar-refractivity contribution in [2.45, 2.75) is 45.1 Å². The molecular formula is C17H21ClN2. The van der Waals surface area contributed by atoms with Crippen LogP contribution in [0.2, 0.25) is 5.02 Å². The maximum absolute atomic E-state index is 8.87. The fourth-order valence-electron chi connectivity index (χ4n) is 3.80. The summed E-state index contributed by atoms with van der Waals surface area (Å²) in [5, 5.41) is 9.60. The molecule has 20 heavy (non-hydrogen) atoms. The molecule has 1 saturated carbocycles. The van der Waals surface area contributed by atoms with Gasteiger partial charge in [0.2, 0.25) is 0 Å². The molecule has 0 amide bonds. The number of halogens is 1. The number of benzene rings is 1. The minimum atomic E-state index is 0.641. The first-order valence-electron chi connectivity index (χ1n) is 7.62. The molecule has 106 valence electrons. The van der Waals surface area contributed by atoms with E-state index in [1.807, 2.05) is 12.1 Å². The van der Waals surface area contributed by atoms with Gasteiger partial charge < -0.3 is 0 Å². The second kappa shape index (κ2) is 5.76. The van der Waals surface area contributed by atoms with E-state index in [2.05, 4.69) is 11.0 Å². The van der Waals surface area contributed by atoms with E-state index >= 15 is 0 Å². The predicted octanol–water partition coefficient (Wildman–Crippen LogP) is 4.37. The molecular weight excluding hydrogens is 268 g/mol. The van der Waals surface area contributed by atoms with Crippen LogP contribution in [0.1, 0.15) is 49.7 Å². The fourth-order valence-corrected chi connectivity index (χ4v) is 4.04. The average molecular weight is 289 g/mol. The van der Waals surface area contributed by atoms with Crippen LogP contribution in [-0.2, 0) is 6.54 Å². The van der Waals surface area contributed by atoms with E-state index in [0.717, 1.165) is 17.1 Å². The number of hydrogen-bond donors (Lipinski definition) is 0. The van der Waals surface area contributed by atoms with Crippen LogP contribution in [0, 0.1) is 16.7 Å². The third-order valence-electron chi connectivity index (χ3n) is 5.16. The van der Waals surface area contributed by atoms with Gasteiger partial charge in [0, 0.05) is 11.6 Å². The Labute approximate surface area is 126 Å². The number of rotatable bonds is 2. The molecule has 2 aliphatic rings. The first kappa shape index (κ1) is 13.9. The van der Waals surface area contributed by atoms with Crippen molar-refractivity contribution in [1.29, 1.82) is 5.26 Å². The highest BCUT2D eigenvalue weighted by atomic mass is 35.5. The number of nitriles is 1. The molecule has 1 saturated heterocycles. The lowest BCUT2D eigenvalue weighted by molar-refractivity contribution is 0.103. The first-order chi connectivity index (χ1) is 9.71. The van der Waals surface area contributed by atoms with Gasteiger partial charge in [-0.15, -0.1) is 0 Å². The molecule has 2 nitrogen and oxygen atoms in total. The monoisotopic (exact) mass is 288 g/mol. The lowest BCUT2D eigenvalue weighted by atomic mass is 9.77. The minimum Gasteiger partial charge on any atom is -0.299 e. The Bertz CT molecular complexity index is 516. The van der Waals surface area contributed by atoms with Gasteiger partial charge in [0.15, 0.2) is 0 Å². The quantitative estimate of drug-likeness (QED) is 0.808. The Hall–Kier alpha value is -1.04. The lowest BCUT2D eigenvalue weighted by Crippen LogP contribution is -2.38. The zero-order valence-corrected chi connectivity index (χ0v) is 12.6.